The fourth-order valence-corrected chi connectivity index (χ4v) is 3.87. The Morgan fingerprint density at radius 1 is 0.938 bits per heavy atom. The van der Waals surface area contributed by atoms with Crippen LogP contribution in [-0.4, -0.2) is 26.8 Å². The van der Waals surface area contributed by atoms with Crippen LogP contribution in [0.2, 0.25) is 10.0 Å². The molecule has 1 aromatic heterocycles. The van der Waals surface area contributed by atoms with E-state index < -0.39 is 29.2 Å². The van der Waals surface area contributed by atoms with Gasteiger partial charge in [0.15, 0.2) is 0 Å². The van der Waals surface area contributed by atoms with Crippen LogP contribution in [0.15, 0.2) is 60.7 Å². The largest absolute Gasteiger partial charge is 0.478 e. The second-order valence-electron chi connectivity index (χ2n) is 6.74. The van der Waals surface area contributed by atoms with Crippen molar-refractivity contribution >= 4 is 46.0 Å². The van der Waals surface area contributed by atoms with Crippen LogP contribution in [0.3, 0.4) is 0 Å². The van der Waals surface area contributed by atoms with Gasteiger partial charge in [-0.1, -0.05) is 53.5 Å². The van der Waals surface area contributed by atoms with Crippen LogP contribution in [0, 0.1) is 0 Å². The van der Waals surface area contributed by atoms with Gasteiger partial charge < -0.3 is 5.11 Å². The van der Waals surface area contributed by atoms with E-state index in [-0.39, 0.29) is 26.8 Å². The number of para-hydroxylation sites is 1. The molecule has 0 fully saturated rings. The molecule has 10 heteroatoms. The number of rotatable bonds is 3. The molecule has 0 saturated carbocycles. The molecular formula is C22H11Cl2F3N2O3. The molecule has 1 N–H and O–H groups in total. The summed E-state index contributed by atoms with van der Waals surface area (Å²) in [5.41, 5.74) is -1.21. The minimum absolute atomic E-state index is 0.0514. The molecule has 0 saturated heterocycles. The van der Waals surface area contributed by atoms with Crippen molar-refractivity contribution in [2.24, 2.45) is 0 Å². The van der Waals surface area contributed by atoms with Gasteiger partial charge in [-0.05, 0) is 30.3 Å². The topological polar surface area (TPSA) is 72.2 Å². The van der Waals surface area contributed by atoms with Gasteiger partial charge in [0.25, 0.3) is 5.91 Å². The molecule has 4 aromatic rings. The second-order valence-corrected chi connectivity index (χ2v) is 7.56. The minimum atomic E-state index is -4.81. The Kier molecular flexibility index (Phi) is 5.44. The molecule has 1 heterocycles. The summed E-state index contributed by atoms with van der Waals surface area (Å²) < 4.78 is 41.5. The molecular weight excluding hydrogens is 468 g/mol. The molecule has 0 bridgehead atoms. The lowest BCUT2D eigenvalue weighted by atomic mass is 10.1. The van der Waals surface area contributed by atoms with E-state index in [1.54, 1.807) is 18.2 Å². The molecule has 4 rings (SSSR count). The minimum Gasteiger partial charge on any atom is -0.478 e. The van der Waals surface area contributed by atoms with Gasteiger partial charge in [0, 0.05) is 10.9 Å². The summed E-state index contributed by atoms with van der Waals surface area (Å²) >= 11 is 12.2. The van der Waals surface area contributed by atoms with Gasteiger partial charge in [-0.2, -0.15) is 23.0 Å². The SMILES string of the molecule is O=C(O)c1ccc(-c2nn(C(=O)c3c(Cl)cccc3C(F)(F)F)c3ccccc23)c(Cl)c1. The number of halogens is 5. The molecule has 162 valence electrons. The zero-order valence-corrected chi connectivity index (χ0v) is 17.3. The van der Waals surface area contributed by atoms with Crippen molar-refractivity contribution in [2.75, 3.05) is 0 Å². The zero-order chi connectivity index (χ0) is 23.2. The Hall–Kier alpha value is -3.36. The van der Waals surface area contributed by atoms with Gasteiger partial charge >= 0.3 is 12.1 Å². The Labute approximate surface area is 188 Å². The van der Waals surface area contributed by atoms with Crippen molar-refractivity contribution in [3.63, 3.8) is 0 Å². The van der Waals surface area contributed by atoms with Gasteiger partial charge in [-0.3, -0.25) is 4.79 Å². The Bertz CT molecular complexity index is 1400. The quantitative estimate of drug-likeness (QED) is 0.368. The number of carboxylic acids is 1. The van der Waals surface area contributed by atoms with E-state index >= 15 is 0 Å². The standard InChI is InChI=1S/C22H11Cl2F3N2O3/c23-15-6-3-5-14(22(25,26)27)18(15)20(30)29-17-7-2-1-4-13(17)19(28-29)12-9-8-11(21(31)32)10-16(12)24/h1-10H,(H,31,32). The zero-order valence-electron chi connectivity index (χ0n) is 15.8. The fourth-order valence-electron chi connectivity index (χ4n) is 3.34. The summed E-state index contributed by atoms with van der Waals surface area (Å²) in [6, 6.07) is 13.4. The predicted octanol–water partition coefficient (Wildman–Crippen LogP) is 6.42. The number of fused-ring (bicyclic) bond motifs is 1. The lowest BCUT2D eigenvalue weighted by molar-refractivity contribution is -0.137. The lowest BCUT2D eigenvalue weighted by Crippen LogP contribution is -2.20. The number of nitrogens with zero attached hydrogens (tertiary/aromatic N) is 2. The highest BCUT2D eigenvalue weighted by Crippen LogP contribution is 2.37. The smallest absolute Gasteiger partial charge is 0.417 e. The van der Waals surface area contributed by atoms with Crippen molar-refractivity contribution in [1.29, 1.82) is 0 Å². The first-order valence-corrected chi connectivity index (χ1v) is 9.76. The molecule has 0 aliphatic carbocycles. The van der Waals surface area contributed by atoms with E-state index in [1.165, 1.54) is 30.3 Å². The molecule has 32 heavy (non-hydrogen) atoms. The predicted molar refractivity (Wildman–Crippen MR) is 113 cm³/mol. The maximum absolute atomic E-state index is 13.5. The molecule has 0 unspecified atom stereocenters. The van der Waals surface area contributed by atoms with E-state index in [0.717, 1.165) is 16.8 Å². The molecule has 0 amide bonds. The highest BCUT2D eigenvalue weighted by atomic mass is 35.5. The number of aromatic carboxylic acids is 1. The van der Waals surface area contributed by atoms with E-state index in [9.17, 15) is 22.8 Å². The van der Waals surface area contributed by atoms with E-state index in [4.69, 9.17) is 28.3 Å². The lowest BCUT2D eigenvalue weighted by Gasteiger charge is -2.13. The van der Waals surface area contributed by atoms with Crippen molar-refractivity contribution < 1.29 is 27.9 Å². The second kappa shape index (κ2) is 7.96. The van der Waals surface area contributed by atoms with Gasteiger partial charge in [-0.15, -0.1) is 0 Å². The van der Waals surface area contributed by atoms with Gasteiger partial charge in [0.05, 0.1) is 32.3 Å². The van der Waals surface area contributed by atoms with Crippen molar-refractivity contribution in [3.8, 4) is 11.3 Å². The normalized spacial score (nSPS) is 11.7. The Balaban J connectivity index is 1.95. The summed E-state index contributed by atoms with van der Waals surface area (Å²) in [5.74, 6) is -2.24. The molecule has 0 aliphatic heterocycles. The number of hydrogen-bond donors (Lipinski definition) is 1. The van der Waals surface area contributed by atoms with Crippen LogP contribution in [0.4, 0.5) is 13.2 Å². The highest BCUT2D eigenvalue weighted by molar-refractivity contribution is 6.35. The van der Waals surface area contributed by atoms with Crippen LogP contribution in [0.1, 0.15) is 26.3 Å². The summed E-state index contributed by atoms with van der Waals surface area (Å²) in [6.07, 6.45) is -4.81. The summed E-state index contributed by atoms with van der Waals surface area (Å²) in [7, 11) is 0. The summed E-state index contributed by atoms with van der Waals surface area (Å²) in [4.78, 5) is 24.4. The number of carbonyl (C=O) groups is 2. The van der Waals surface area contributed by atoms with Crippen LogP contribution in [-0.2, 0) is 6.18 Å². The van der Waals surface area contributed by atoms with Crippen molar-refractivity contribution in [2.45, 2.75) is 6.18 Å². The maximum atomic E-state index is 13.5. The average Bonchev–Trinajstić information content (AvgIpc) is 3.12. The molecule has 5 nitrogen and oxygen atoms in total. The molecule has 0 aliphatic rings. The highest BCUT2D eigenvalue weighted by Gasteiger charge is 2.37. The third-order valence-corrected chi connectivity index (χ3v) is 5.41. The van der Waals surface area contributed by atoms with E-state index in [1.807, 2.05) is 0 Å². The molecule has 0 spiro atoms. The third-order valence-electron chi connectivity index (χ3n) is 4.78. The van der Waals surface area contributed by atoms with Crippen molar-refractivity contribution in [1.82, 2.24) is 9.78 Å². The van der Waals surface area contributed by atoms with Crippen LogP contribution < -0.4 is 0 Å². The summed E-state index contributed by atoms with van der Waals surface area (Å²) in [6.45, 7) is 0. The first kappa shape index (κ1) is 21.9. The van der Waals surface area contributed by atoms with Crippen LogP contribution >= 0.6 is 23.2 Å². The summed E-state index contributed by atoms with van der Waals surface area (Å²) in [5, 5.41) is 13.5. The number of hydrogen-bond acceptors (Lipinski definition) is 3. The Morgan fingerprint density at radius 3 is 2.31 bits per heavy atom. The average molecular weight is 479 g/mol. The first-order chi connectivity index (χ1) is 15.1. The number of benzene rings is 3. The van der Waals surface area contributed by atoms with E-state index in [0.29, 0.717) is 10.9 Å². The third kappa shape index (κ3) is 3.72. The number of aromatic nitrogens is 2. The van der Waals surface area contributed by atoms with Crippen molar-refractivity contribution in [3.05, 3.63) is 87.4 Å². The van der Waals surface area contributed by atoms with E-state index in [2.05, 4.69) is 5.10 Å². The maximum Gasteiger partial charge on any atom is 0.417 e. The fraction of sp³-hybridized carbons (Fsp3) is 0.0455. The van der Waals surface area contributed by atoms with Crippen LogP contribution in [0.25, 0.3) is 22.2 Å². The van der Waals surface area contributed by atoms with Gasteiger partial charge in [0.2, 0.25) is 0 Å². The van der Waals surface area contributed by atoms with Gasteiger partial charge in [0.1, 0.15) is 5.69 Å². The monoisotopic (exact) mass is 478 g/mol. The van der Waals surface area contributed by atoms with Gasteiger partial charge in [-0.25, -0.2) is 4.79 Å². The van der Waals surface area contributed by atoms with Crippen LogP contribution in [0.5, 0.6) is 0 Å². The number of carbonyl (C=O) groups excluding carboxylic acids is 1. The number of carboxylic acid groups (broad SMARTS) is 1. The Morgan fingerprint density at radius 2 is 1.66 bits per heavy atom. The first-order valence-electron chi connectivity index (χ1n) is 9.01. The number of alkyl halides is 3. The molecule has 0 atom stereocenters. The molecule has 3 aromatic carbocycles. The molecule has 0 radical (unpaired) electrons.